The third-order valence-corrected chi connectivity index (χ3v) is 13.6. The Morgan fingerprint density at radius 1 is 0.967 bits per heavy atom. The number of H-pyrrole nitrogens is 1. The fraction of sp³-hybridized carbons (Fsp3) is 0.432. The van der Waals surface area contributed by atoms with E-state index in [-0.39, 0.29) is 46.5 Å². The number of ether oxygens (including phenoxy) is 4. The molecule has 1 saturated heterocycles. The van der Waals surface area contributed by atoms with E-state index in [1.165, 1.54) is 6.33 Å². The molecule has 3 N–H and O–H groups in total. The molecule has 0 aliphatic carbocycles. The molecule has 1 fully saturated rings. The molecule has 0 saturated carbocycles. The minimum Gasteiger partial charge on any atom is -0.497 e. The minimum atomic E-state index is -2.01. The van der Waals surface area contributed by atoms with Gasteiger partial charge in [0.1, 0.15) is 48.1 Å². The van der Waals surface area contributed by atoms with Crippen LogP contribution in [0.1, 0.15) is 77.8 Å². The van der Waals surface area contributed by atoms with Crippen molar-refractivity contribution in [2.75, 3.05) is 26.6 Å². The maximum atomic E-state index is 14.3. The summed E-state index contributed by atoms with van der Waals surface area (Å²) in [5, 5.41) is 11.0. The largest absolute Gasteiger partial charge is 0.497 e. The van der Waals surface area contributed by atoms with Crippen molar-refractivity contribution in [2.45, 2.75) is 96.9 Å². The molecule has 2 aromatic heterocycles. The zero-order valence-corrected chi connectivity index (χ0v) is 36.5. The van der Waals surface area contributed by atoms with Crippen LogP contribution in [0.5, 0.6) is 11.5 Å². The molecule has 16 heteroatoms. The number of carbonyl (C=O) groups is 1. The summed E-state index contributed by atoms with van der Waals surface area (Å²) in [5.41, 5.74) is 6.86. The first-order valence-electron chi connectivity index (χ1n) is 20.1. The van der Waals surface area contributed by atoms with E-state index in [0.717, 1.165) is 16.7 Å². The van der Waals surface area contributed by atoms with Gasteiger partial charge < -0.3 is 24.7 Å². The third-order valence-electron chi connectivity index (χ3n) is 11.1. The standard InChI is InChI=1S/C44H54N7O8P/c1-10-56-60(51(25-45,28(4)5)29(6)7)59-35-24-36(50-26-47-37-40(50)48-43(46)49-41(37)52)57-38(35)39(58-42(53)27(2)3)44(30-14-12-11-13-15-30,31-16-20-33(54-8)21-17-31)32-18-22-34(55-9)23-19-32/h11-23,26-29,35-36,38-39H,10,24H2,1-9H3,(H2-,46,48,49,52)/p+1/t35-,36+,38-,39?,60?/m0/s1. The van der Waals surface area contributed by atoms with Crippen molar-refractivity contribution >= 4 is 31.6 Å². The van der Waals surface area contributed by atoms with Gasteiger partial charge in [-0.1, -0.05) is 68.4 Å². The Morgan fingerprint density at radius 2 is 1.53 bits per heavy atom. The summed E-state index contributed by atoms with van der Waals surface area (Å²) in [6.45, 7) is 13.6. The zero-order valence-electron chi connectivity index (χ0n) is 35.6. The number of nitrogens with two attached hydrogens (primary N) is 1. The number of nitriles is 1. The number of hydrogen-bond donors (Lipinski definition) is 2. The molecule has 15 nitrogen and oxygen atoms in total. The van der Waals surface area contributed by atoms with E-state index in [4.69, 9.17) is 33.7 Å². The van der Waals surface area contributed by atoms with Crippen LogP contribution in [-0.2, 0) is 28.7 Å². The Kier molecular flexibility index (Phi) is 13.6. The number of nitrogens with one attached hydrogen (secondary N) is 1. The number of esters is 1. The Balaban J connectivity index is 1.68. The monoisotopic (exact) mass is 840 g/mol. The summed E-state index contributed by atoms with van der Waals surface area (Å²) < 4.78 is 40.5. The van der Waals surface area contributed by atoms with Crippen LogP contribution in [0.2, 0.25) is 0 Å². The van der Waals surface area contributed by atoms with Crippen molar-refractivity contribution < 1.29 is 37.0 Å². The topological polar surface area (TPSA) is 186 Å². The van der Waals surface area contributed by atoms with E-state index in [1.54, 1.807) is 32.6 Å². The number of aromatic nitrogens is 4. The highest BCUT2D eigenvalue weighted by Crippen LogP contribution is 2.57. The van der Waals surface area contributed by atoms with E-state index >= 15 is 0 Å². The molecule has 5 aromatic rings. The quantitative estimate of drug-likeness (QED) is 0.0411. The Morgan fingerprint density at radius 3 is 2.03 bits per heavy atom. The van der Waals surface area contributed by atoms with Gasteiger partial charge in [0, 0.05) is 6.42 Å². The first-order chi connectivity index (χ1) is 28.8. The number of quaternary nitrogens is 1. The average Bonchev–Trinajstić information content (AvgIpc) is 3.86. The second kappa shape index (κ2) is 18.5. The number of carbonyl (C=O) groups excluding carboxylic acids is 1. The molecule has 0 amide bonds. The normalized spacial score (nSPS) is 18.1. The van der Waals surface area contributed by atoms with Crippen molar-refractivity contribution in [2.24, 2.45) is 5.92 Å². The van der Waals surface area contributed by atoms with Gasteiger partial charge in [-0.25, -0.2) is 4.98 Å². The van der Waals surface area contributed by atoms with E-state index in [2.05, 4.69) is 21.1 Å². The lowest BCUT2D eigenvalue weighted by Crippen LogP contribution is -2.55. The number of rotatable bonds is 17. The average molecular weight is 841 g/mol. The van der Waals surface area contributed by atoms with E-state index < -0.39 is 55.9 Å². The highest BCUT2D eigenvalue weighted by Gasteiger charge is 2.59. The number of imidazole rings is 1. The van der Waals surface area contributed by atoms with Gasteiger partial charge in [-0.2, -0.15) is 9.24 Å². The minimum absolute atomic E-state index is 0.0722. The number of fused-ring (bicyclic) bond motifs is 1. The van der Waals surface area contributed by atoms with Gasteiger partial charge in [0.2, 0.25) is 5.95 Å². The molecule has 2 unspecified atom stereocenters. The van der Waals surface area contributed by atoms with Crippen molar-refractivity contribution in [3.05, 3.63) is 112 Å². The van der Waals surface area contributed by atoms with Gasteiger partial charge in [-0.05, 0) is 75.6 Å². The van der Waals surface area contributed by atoms with Crippen molar-refractivity contribution in [1.82, 2.24) is 19.5 Å². The summed E-state index contributed by atoms with van der Waals surface area (Å²) >= 11 is 0. The predicted molar refractivity (Wildman–Crippen MR) is 228 cm³/mol. The van der Waals surface area contributed by atoms with Gasteiger partial charge in [0.25, 0.3) is 5.56 Å². The van der Waals surface area contributed by atoms with Crippen LogP contribution in [0, 0.1) is 17.4 Å². The van der Waals surface area contributed by atoms with E-state index in [1.807, 2.05) is 113 Å². The predicted octanol–water partition coefficient (Wildman–Crippen LogP) is 7.37. The number of benzene rings is 3. The fourth-order valence-corrected chi connectivity index (χ4v) is 9.99. The van der Waals surface area contributed by atoms with Crippen LogP contribution >= 0.6 is 8.53 Å². The maximum Gasteiger partial charge on any atom is 0.435 e. The molecular formula is C44H55N7O8P+. The van der Waals surface area contributed by atoms with Crippen molar-refractivity contribution in [1.29, 1.82) is 5.26 Å². The second-order valence-electron chi connectivity index (χ2n) is 15.5. The van der Waals surface area contributed by atoms with Crippen LogP contribution in [0.3, 0.4) is 0 Å². The van der Waals surface area contributed by atoms with Gasteiger partial charge in [0.15, 0.2) is 11.2 Å². The number of nitrogen functional groups attached to an aromatic ring is 1. The first-order valence-corrected chi connectivity index (χ1v) is 21.2. The van der Waals surface area contributed by atoms with E-state index in [0.29, 0.717) is 11.5 Å². The molecular weight excluding hydrogens is 785 g/mol. The van der Waals surface area contributed by atoms with Gasteiger partial charge in [-0.15, -0.1) is 5.26 Å². The molecule has 0 bridgehead atoms. The first kappa shape index (κ1) is 44.2. The summed E-state index contributed by atoms with van der Waals surface area (Å²) in [5.74, 6) is 0.168. The lowest BCUT2D eigenvalue weighted by Gasteiger charge is -2.46. The van der Waals surface area contributed by atoms with Gasteiger partial charge in [0.05, 0.1) is 38.5 Å². The number of hydrogen-bond acceptors (Lipinski definition) is 12. The summed E-state index contributed by atoms with van der Waals surface area (Å²) in [7, 11) is 1.20. The molecule has 0 spiro atoms. The molecule has 1 aliphatic heterocycles. The van der Waals surface area contributed by atoms with Gasteiger partial charge in [-0.3, -0.25) is 28.2 Å². The summed E-state index contributed by atoms with van der Waals surface area (Å²) in [6.07, 6.45) is 0.253. The number of aromatic amines is 1. The van der Waals surface area contributed by atoms with Crippen molar-refractivity contribution in [3.63, 3.8) is 0 Å². The lowest BCUT2D eigenvalue weighted by atomic mass is 9.64. The highest BCUT2D eigenvalue weighted by atomic mass is 31.2. The second-order valence-corrected chi connectivity index (χ2v) is 17.1. The van der Waals surface area contributed by atoms with Crippen LogP contribution in [0.4, 0.5) is 5.95 Å². The summed E-state index contributed by atoms with van der Waals surface area (Å²) in [4.78, 5) is 38.7. The SMILES string of the molecule is CCOP(O[C@H]1C[C@H](n2cnc3c(=O)[nH]c(N)nc32)O[C@@H]1C(OC(=O)C(C)C)C(c1ccccc1)(c1ccc(OC)cc1)c1ccc(OC)cc1)[N+](C#N)(C(C)C)C(C)C. The molecule has 3 aromatic carbocycles. The Bertz CT molecular complexity index is 2270. The zero-order chi connectivity index (χ0) is 43.4. The molecule has 318 valence electrons. The van der Waals surface area contributed by atoms with Crippen LogP contribution in [0.15, 0.2) is 90.0 Å². The number of nitrogens with zero attached hydrogens (tertiary/aromatic N) is 5. The summed E-state index contributed by atoms with van der Waals surface area (Å²) in [6, 6.07) is 24.7. The number of anilines is 1. The third kappa shape index (κ3) is 8.10. The van der Waals surface area contributed by atoms with Gasteiger partial charge >= 0.3 is 20.7 Å². The lowest BCUT2D eigenvalue weighted by molar-refractivity contribution is -0.798. The van der Waals surface area contributed by atoms with Crippen molar-refractivity contribution in [3.8, 4) is 17.7 Å². The Hall–Kier alpha value is -5.36. The Labute approximate surface area is 351 Å². The van der Waals surface area contributed by atoms with Crippen LogP contribution in [-0.4, -0.2) is 81.0 Å². The van der Waals surface area contributed by atoms with Crippen LogP contribution < -0.4 is 20.8 Å². The van der Waals surface area contributed by atoms with Crippen LogP contribution in [0.25, 0.3) is 11.2 Å². The number of methoxy groups -OCH3 is 2. The molecule has 5 atom stereocenters. The highest BCUT2D eigenvalue weighted by molar-refractivity contribution is 7.41. The molecule has 3 heterocycles. The maximum absolute atomic E-state index is 14.3. The smallest absolute Gasteiger partial charge is 0.435 e. The molecule has 60 heavy (non-hydrogen) atoms. The molecule has 1 aliphatic rings. The van der Waals surface area contributed by atoms with E-state index in [9.17, 15) is 14.9 Å². The fourth-order valence-electron chi connectivity index (χ4n) is 8.10. The molecule has 6 rings (SSSR count). The molecule has 0 radical (unpaired) electrons.